The fourth-order valence-electron chi connectivity index (χ4n) is 1.81. The lowest BCUT2D eigenvalue weighted by molar-refractivity contribution is -0.136. The van der Waals surface area contributed by atoms with Crippen molar-refractivity contribution in [3.63, 3.8) is 0 Å². The molecule has 82 valence electrons. The highest BCUT2D eigenvalue weighted by molar-refractivity contribution is 5.85. The summed E-state index contributed by atoms with van der Waals surface area (Å²) in [6.45, 7) is -0.132. The van der Waals surface area contributed by atoms with Gasteiger partial charge in [0, 0.05) is 0 Å². The highest BCUT2D eigenvalue weighted by Crippen LogP contribution is 2.20. The number of carboxylic acid groups (broad SMARTS) is 1. The van der Waals surface area contributed by atoms with Crippen LogP contribution in [0.5, 0.6) is 0 Å². The summed E-state index contributed by atoms with van der Waals surface area (Å²) in [4.78, 5) is 10.7. The number of benzene rings is 2. The van der Waals surface area contributed by atoms with E-state index in [4.69, 9.17) is 5.11 Å². The van der Waals surface area contributed by atoms with E-state index in [1.807, 2.05) is 36.4 Å². The Balaban J connectivity index is 2.58. The van der Waals surface area contributed by atoms with Gasteiger partial charge >= 0.3 is 5.97 Å². The normalized spacial score (nSPS) is 10.6. The van der Waals surface area contributed by atoms with Gasteiger partial charge in [0.05, 0.1) is 13.0 Å². The molecule has 0 radical (unpaired) electrons. The average Bonchev–Trinajstić information content (AvgIpc) is 2.27. The summed E-state index contributed by atoms with van der Waals surface area (Å²) in [5, 5.41) is 20.0. The third-order valence-electron chi connectivity index (χ3n) is 2.58. The summed E-state index contributed by atoms with van der Waals surface area (Å²) in [5.41, 5.74) is 1.36. The lowest BCUT2D eigenvalue weighted by atomic mass is 9.99. The first-order valence-corrected chi connectivity index (χ1v) is 5.04. The zero-order chi connectivity index (χ0) is 11.5. The van der Waals surface area contributed by atoms with Crippen LogP contribution in [0, 0.1) is 0 Å². The van der Waals surface area contributed by atoms with Gasteiger partial charge < -0.3 is 10.2 Å². The van der Waals surface area contributed by atoms with Crippen LogP contribution in [0.25, 0.3) is 10.8 Å². The van der Waals surface area contributed by atoms with Crippen LogP contribution in [0.2, 0.25) is 0 Å². The van der Waals surface area contributed by atoms with Crippen LogP contribution in [0.4, 0.5) is 0 Å². The Bertz CT molecular complexity index is 532. The Morgan fingerprint density at radius 1 is 1.06 bits per heavy atom. The van der Waals surface area contributed by atoms with Crippen LogP contribution in [0.15, 0.2) is 36.4 Å². The summed E-state index contributed by atoms with van der Waals surface area (Å²) in [7, 11) is 0. The summed E-state index contributed by atoms with van der Waals surface area (Å²) in [6.07, 6.45) is -0.0548. The molecule has 2 aromatic carbocycles. The van der Waals surface area contributed by atoms with Crippen molar-refractivity contribution in [2.45, 2.75) is 13.0 Å². The fourth-order valence-corrected chi connectivity index (χ4v) is 1.81. The number of rotatable bonds is 3. The molecule has 0 heterocycles. The number of aliphatic hydroxyl groups excluding tert-OH is 1. The quantitative estimate of drug-likeness (QED) is 0.824. The lowest BCUT2D eigenvalue weighted by Gasteiger charge is -2.07. The van der Waals surface area contributed by atoms with Gasteiger partial charge in [-0.1, -0.05) is 30.3 Å². The molecule has 0 unspecified atom stereocenters. The molecule has 0 spiro atoms. The SMILES string of the molecule is O=C(O)Cc1cc2ccccc2cc1CO. The number of carbonyl (C=O) groups is 1. The summed E-state index contributed by atoms with van der Waals surface area (Å²) < 4.78 is 0. The maximum atomic E-state index is 10.7. The standard InChI is InChI=1S/C13H12O3/c14-8-12-6-10-4-2-1-3-9(10)5-11(12)7-13(15)16/h1-6,14H,7-8H2,(H,15,16). The van der Waals surface area contributed by atoms with Crippen LogP contribution in [0.1, 0.15) is 11.1 Å². The minimum Gasteiger partial charge on any atom is -0.481 e. The molecule has 0 aliphatic heterocycles. The summed E-state index contributed by atoms with van der Waals surface area (Å²) in [5.74, 6) is -0.884. The fraction of sp³-hybridized carbons (Fsp3) is 0.154. The van der Waals surface area contributed by atoms with Gasteiger partial charge in [-0.3, -0.25) is 4.79 Å². The van der Waals surface area contributed by atoms with Crippen molar-refractivity contribution in [3.8, 4) is 0 Å². The number of aliphatic carboxylic acids is 1. The molecule has 0 aliphatic carbocycles. The van der Waals surface area contributed by atoms with Gasteiger partial charge in [0.2, 0.25) is 0 Å². The van der Waals surface area contributed by atoms with E-state index >= 15 is 0 Å². The average molecular weight is 216 g/mol. The molecule has 3 heteroatoms. The van der Waals surface area contributed by atoms with Crippen LogP contribution < -0.4 is 0 Å². The van der Waals surface area contributed by atoms with E-state index < -0.39 is 5.97 Å². The van der Waals surface area contributed by atoms with E-state index in [0.717, 1.165) is 10.8 Å². The predicted octanol–water partition coefficient (Wildman–Crippen LogP) is 1.96. The van der Waals surface area contributed by atoms with Gasteiger partial charge in [-0.05, 0) is 28.0 Å². The number of fused-ring (bicyclic) bond motifs is 1. The molecule has 0 saturated carbocycles. The third-order valence-corrected chi connectivity index (χ3v) is 2.58. The van der Waals surface area contributed by atoms with Gasteiger partial charge in [-0.2, -0.15) is 0 Å². The Hall–Kier alpha value is -1.87. The summed E-state index contributed by atoms with van der Waals surface area (Å²) >= 11 is 0. The Labute approximate surface area is 93.0 Å². The molecule has 16 heavy (non-hydrogen) atoms. The maximum Gasteiger partial charge on any atom is 0.307 e. The van der Waals surface area contributed by atoms with Crippen LogP contribution >= 0.6 is 0 Å². The maximum absolute atomic E-state index is 10.7. The minimum absolute atomic E-state index is 0.0548. The number of carboxylic acids is 1. The monoisotopic (exact) mass is 216 g/mol. The van der Waals surface area contributed by atoms with E-state index in [2.05, 4.69) is 0 Å². The zero-order valence-electron chi connectivity index (χ0n) is 8.68. The number of hydrogen-bond acceptors (Lipinski definition) is 2. The van der Waals surface area contributed by atoms with E-state index in [1.54, 1.807) is 0 Å². The van der Waals surface area contributed by atoms with Crippen LogP contribution in [0.3, 0.4) is 0 Å². The van der Waals surface area contributed by atoms with Gasteiger partial charge in [0.15, 0.2) is 0 Å². The largest absolute Gasteiger partial charge is 0.481 e. The molecule has 0 atom stereocenters. The second-order valence-corrected chi connectivity index (χ2v) is 3.70. The van der Waals surface area contributed by atoms with Crippen LogP contribution in [-0.2, 0) is 17.8 Å². The second-order valence-electron chi connectivity index (χ2n) is 3.70. The second kappa shape index (κ2) is 4.33. The van der Waals surface area contributed by atoms with Crippen molar-refractivity contribution in [1.82, 2.24) is 0 Å². The Kier molecular flexibility index (Phi) is 2.88. The highest BCUT2D eigenvalue weighted by Gasteiger charge is 2.07. The van der Waals surface area contributed by atoms with E-state index in [0.29, 0.717) is 11.1 Å². The van der Waals surface area contributed by atoms with Crippen molar-refractivity contribution in [1.29, 1.82) is 0 Å². The smallest absolute Gasteiger partial charge is 0.307 e. The van der Waals surface area contributed by atoms with Gasteiger partial charge in [-0.15, -0.1) is 0 Å². The van der Waals surface area contributed by atoms with Crippen molar-refractivity contribution >= 4 is 16.7 Å². The molecule has 0 bridgehead atoms. The number of aliphatic hydroxyl groups is 1. The molecule has 2 N–H and O–H groups in total. The molecule has 3 nitrogen and oxygen atoms in total. The van der Waals surface area contributed by atoms with Crippen molar-refractivity contribution in [2.24, 2.45) is 0 Å². The van der Waals surface area contributed by atoms with E-state index in [9.17, 15) is 9.90 Å². The van der Waals surface area contributed by atoms with E-state index in [-0.39, 0.29) is 13.0 Å². The molecule has 0 amide bonds. The molecule has 0 saturated heterocycles. The topological polar surface area (TPSA) is 57.5 Å². The van der Waals surface area contributed by atoms with E-state index in [1.165, 1.54) is 0 Å². The molecular weight excluding hydrogens is 204 g/mol. The first kappa shape index (κ1) is 10.6. The Morgan fingerprint density at radius 3 is 2.12 bits per heavy atom. The molecule has 2 rings (SSSR count). The molecular formula is C13H12O3. The zero-order valence-corrected chi connectivity index (χ0v) is 8.68. The van der Waals surface area contributed by atoms with Gasteiger partial charge in [-0.25, -0.2) is 0 Å². The van der Waals surface area contributed by atoms with Crippen molar-refractivity contribution in [3.05, 3.63) is 47.5 Å². The highest BCUT2D eigenvalue weighted by atomic mass is 16.4. The Morgan fingerprint density at radius 2 is 1.62 bits per heavy atom. The molecule has 2 aromatic rings. The van der Waals surface area contributed by atoms with Gasteiger partial charge in [0.1, 0.15) is 0 Å². The first-order valence-electron chi connectivity index (χ1n) is 5.04. The molecule has 0 fully saturated rings. The van der Waals surface area contributed by atoms with Crippen LogP contribution in [-0.4, -0.2) is 16.2 Å². The van der Waals surface area contributed by atoms with Crippen molar-refractivity contribution < 1.29 is 15.0 Å². The van der Waals surface area contributed by atoms with Gasteiger partial charge in [0.25, 0.3) is 0 Å². The summed E-state index contributed by atoms with van der Waals surface area (Å²) in [6, 6.07) is 11.4. The molecule has 0 aromatic heterocycles. The molecule has 0 aliphatic rings. The minimum atomic E-state index is -0.884. The number of hydrogen-bond donors (Lipinski definition) is 2. The lowest BCUT2D eigenvalue weighted by Crippen LogP contribution is -2.03. The third kappa shape index (κ3) is 2.04. The van der Waals surface area contributed by atoms with Crippen molar-refractivity contribution in [2.75, 3.05) is 0 Å². The first-order chi connectivity index (χ1) is 7.70. The predicted molar refractivity (Wildman–Crippen MR) is 61.2 cm³/mol.